The van der Waals surface area contributed by atoms with E-state index < -0.39 is 0 Å². The first-order chi connectivity index (χ1) is 14.0. The van der Waals surface area contributed by atoms with Crippen LogP contribution in [-0.4, -0.2) is 44.1 Å². The summed E-state index contributed by atoms with van der Waals surface area (Å²) in [5, 5.41) is 2.95. The Hall–Kier alpha value is -2.86. The number of amides is 2. The zero-order valence-corrected chi connectivity index (χ0v) is 17.2. The van der Waals surface area contributed by atoms with Gasteiger partial charge in [-0.2, -0.15) is 0 Å². The standard InChI is InChI=1S/C23H28N2O4/c1-16-6-4-7-17(12-16)21-11-10-18(14-25(21)22(26)15-28-2)23(27)24-19-8-5-9-20(13-19)29-3/h4-9,12-13,18,21H,10-11,14-15H2,1-3H3,(H,24,27). The third kappa shape index (κ3) is 5.15. The lowest BCUT2D eigenvalue weighted by Crippen LogP contribution is -2.46. The summed E-state index contributed by atoms with van der Waals surface area (Å²) in [6, 6.07) is 15.4. The second-order valence-electron chi connectivity index (χ2n) is 7.40. The zero-order chi connectivity index (χ0) is 20.8. The SMILES string of the molecule is COCC(=O)N1CC(C(=O)Nc2cccc(OC)c2)CCC1c1cccc(C)c1. The Labute approximate surface area is 171 Å². The summed E-state index contributed by atoms with van der Waals surface area (Å²) in [5.74, 6) is 0.222. The zero-order valence-electron chi connectivity index (χ0n) is 17.2. The molecule has 6 nitrogen and oxygen atoms in total. The van der Waals surface area contributed by atoms with Crippen molar-refractivity contribution in [3.05, 3.63) is 59.7 Å². The van der Waals surface area contributed by atoms with Crippen molar-refractivity contribution >= 4 is 17.5 Å². The monoisotopic (exact) mass is 396 g/mol. The van der Waals surface area contributed by atoms with Crippen molar-refractivity contribution in [2.24, 2.45) is 5.92 Å². The summed E-state index contributed by atoms with van der Waals surface area (Å²) in [5.41, 5.74) is 2.94. The van der Waals surface area contributed by atoms with Crippen LogP contribution in [0.1, 0.15) is 30.0 Å². The number of rotatable bonds is 6. The van der Waals surface area contributed by atoms with E-state index in [1.165, 1.54) is 7.11 Å². The number of benzene rings is 2. The summed E-state index contributed by atoms with van der Waals surface area (Å²) in [4.78, 5) is 27.4. The van der Waals surface area contributed by atoms with Crippen molar-refractivity contribution in [3.8, 4) is 5.75 Å². The Morgan fingerprint density at radius 1 is 1.10 bits per heavy atom. The molecule has 0 saturated carbocycles. The van der Waals surface area contributed by atoms with E-state index in [0.717, 1.165) is 17.5 Å². The van der Waals surface area contributed by atoms with Gasteiger partial charge in [-0.15, -0.1) is 0 Å². The van der Waals surface area contributed by atoms with E-state index in [-0.39, 0.29) is 30.4 Å². The number of ether oxygens (including phenoxy) is 2. The van der Waals surface area contributed by atoms with E-state index in [2.05, 4.69) is 11.4 Å². The van der Waals surface area contributed by atoms with Gasteiger partial charge in [-0.05, 0) is 37.5 Å². The number of nitrogens with zero attached hydrogens (tertiary/aromatic N) is 1. The third-order valence-electron chi connectivity index (χ3n) is 5.30. The smallest absolute Gasteiger partial charge is 0.249 e. The van der Waals surface area contributed by atoms with Crippen LogP contribution in [0.5, 0.6) is 5.75 Å². The predicted molar refractivity (Wildman–Crippen MR) is 112 cm³/mol. The van der Waals surface area contributed by atoms with Gasteiger partial charge in [0.2, 0.25) is 11.8 Å². The Bertz CT molecular complexity index is 867. The molecular formula is C23H28N2O4. The predicted octanol–water partition coefficient (Wildman–Crippen LogP) is 3.57. The first kappa shape index (κ1) is 20.9. The first-order valence-corrected chi connectivity index (χ1v) is 9.81. The van der Waals surface area contributed by atoms with Crippen LogP contribution in [0.2, 0.25) is 0 Å². The normalized spacial score (nSPS) is 18.9. The number of carbonyl (C=O) groups is 2. The van der Waals surface area contributed by atoms with E-state index in [0.29, 0.717) is 24.4 Å². The minimum atomic E-state index is -0.275. The average molecular weight is 396 g/mol. The Balaban J connectivity index is 1.75. The van der Waals surface area contributed by atoms with Gasteiger partial charge in [-0.1, -0.05) is 35.9 Å². The highest BCUT2D eigenvalue weighted by atomic mass is 16.5. The molecule has 3 rings (SSSR count). The van der Waals surface area contributed by atoms with Crippen molar-refractivity contribution in [2.75, 3.05) is 32.7 Å². The Kier molecular flexibility index (Phi) is 6.88. The molecule has 6 heteroatoms. The number of carbonyl (C=O) groups excluding carboxylic acids is 2. The van der Waals surface area contributed by atoms with Crippen LogP contribution >= 0.6 is 0 Å². The molecule has 0 aromatic heterocycles. The van der Waals surface area contributed by atoms with E-state index in [1.54, 1.807) is 18.1 Å². The van der Waals surface area contributed by atoms with E-state index in [4.69, 9.17) is 9.47 Å². The molecule has 1 aliphatic rings. The van der Waals surface area contributed by atoms with Gasteiger partial charge in [0.1, 0.15) is 12.4 Å². The van der Waals surface area contributed by atoms with E-state index in [9.17, 15) is 9.59 Å². The molecule has 1 aliphatic heterocycles. The quantitative estimate of drug-likeness (QED) is 0.811. The molecule has 0 aliphatic carbocycles. The number of nitrogens with one attached hydrogen (secondary N) is 1. The number of methoxy groups -OCH3 is 2. The van der Waals surface area contributed by atoms with Gasteiger partial charge in [-0.3, -0.25) is 9.59 Å². The lowest BCUT2D eigenvalue weighted by Gasteiger charge is -2.39. The summed E-state index contributed by atoms with van der Waals surface area (Å²) in [6.07, 6.45) is 1.44. The Morgan fingerprint density at radius 2 is 1.90 bits per heavy atom. The minimum absolute atomic E-state index is 0.00649. The maximum Gasteiger partial charge on any atom is 0.249 e. The average Bonchev–Trinajstić information content (AvgIpc) is 2.73. The summed E-state index contributed by atoms with van der Waals surface area (Å²) < 4.78 is 10.3. The fourth-order valence-electron chi connectivity index (χ4n) is 3.84. The Morgan fingerprint density at radius 3 is 2.62 bits per heavy atom. The van der Waals surface area contributed by atoms with E-state index >= 15 is 0 Å². The van der Waals surface area contributed by atoms with Gasteiger partial charge in [0, 0.05) is 25.4 Å². The second kappa shape index (κ2) is 9.56. The molecule has 2 aromatic carbocycles. The fraction of sp³-hybridized carbons (Fsp3) is 0.391. The molecule has 1 N–H and O–H groups in total. The van der Waals surface area contributed by atoms with Crippen LogP contribution in [0, 0.1) is 12.8 Å². The van der Waals surface area contributed by atoms with Crippen LogP contribution < -0.4 is 10.1 Å². The maximum absolute atomic E-state index is 12.9. The largest absolute Gasteiger partial charge is 0.497 e. The van der Waals surface area contributed by atoms with Crippen LogP contribution in [0.25, 0.3) is 0 Å². The molecule has 29 heavy (non-hydrogen) atoms. The van der Waals surface area contributed by atoms with Gasteiger partial charge in [-0.25, -0.2) is 0 Å². The van der Waals surface area contributed by atoms with Crippen LogP contribution in [-0.2, 0) is 14.3 Å². The fourth-order valence-corrected chi connectivity index (χ4v) is 3.84. The molecular weight excluding hydrogens is 368 g/mol. The van der Waals surface area contributed by atoms with Crippen LogP contribution in [0.4, 0.5) is 5.69 Å². The molecule has 2 atom stereocenters. The molecule has 1 fully saturated rings. The lowest BCUT2D eigenvalue weighted by atomic mass is 9.88. The first-order valence-electron chi connectivity index (χ1n) is 9.81. The molecule has 2 aromatic rings. The van der Waals surface area contributed by atoms with Crippen molar-refractivity contribution in [2.45, 2.75) is 25.8 Å². The number of hydrogen-bond acceptors (Lipinski definition) is 4. The van der Waals surface area contributed by atoms with Gasteiger partial charge < -0.3 is 19.7 Å². The number of piperidine rings is 1. The lowest BCUT2D eigenvalue weighted by molar-refractivity contribution is -0.141. The van der Waals surface area contributed by atoms with Crippen molar-refractivity contribution in [1.29, 1.82) is 0 Å². The highest BCUT2D eigenvalue weighted by molar-refractivity contribution is 5.93. The third-order valence-corrected chi connectivity index (χ3v) is 5.30. The molecule has 2 amide bonds. The highest BCUT2D eigenvalue weighted by Gasteiger charge is 2.35. The summed E-state index contributed by atoms with van der Waals surface area (Å²) in [7, 11) is 3.10. The number of likely N-dealkylation sites (tertiary alicyclic amines) is 1. The number of hydrogen-bond donors (Lipinski definition) is 1. The molecule has 0 spiro atoms. The van der Waals surface area contributed by atoms with Crippen LogP contribution in [0.15, 0.2) is 48.5 Å². The van der Waals surface area contributed by atoms with Crippen LogP contribution in [0.3, 0.4) is 0 Å². The molecule has 154 valence electrons. The summed E-state index contributed by atoms with van der Waals surface area (Å²) >= 11 is 0. The molecule has 0 bridgehead atoms. The second-order valence-corrected chi connectivity index (χ2v) is 7.40. The molecule has 1 saturated heterocycles. The van der Waals surface area contributed by atoms with Gasteiger partial charge >= 0.3 is 0 Å². The summed E-state index contributed by atoms with van der Waals surface area (Å²) in [6.45, 7) is 2.42. The van der Waals surface area contributed by atoms with Gasteiger partial charge in [0.05, 0.1) is 19.1 Å². The van der Waals surface area contributed by atoms with E-state index in [1.807, 2.05) is 43.3 Å². The molecule has 2 unspecified atom stereocenters. The highest BCUT2D eigenvalue weighted by Crippen LogP contribution is 2.34. The van der Waals surface area contributed by atoms with Crippen molar-refractivity contribution < 1.29 is 19.1 Å². The topological polar surface area (TPSA) is 67.9 Å². The molecule has 0 radical (unpaired) electrons. The maximum atomic E-state index is 12.9. The van der Waals surface area contributed by atoms with Gasteiger partial charge in [0.25, 0.3) is 0 Å². The number of anilines is 1. The van der Waals surface area contributed by atoms with Gasteiger partial charge in [0.15, 0.2) is 0 Å². The minimum Gasteiger partial charge on any atom is -0.497 e. The van der Waals surface area contributed by atoms with Crippen molar-refractivity contribution in [1.82, 2.24) is 4.90 Å². The van der Waals surface area contributed by atoms with Crippen molar-refractivity contribution in [3.63, 3.8) is 0 Å². The number of aryl methyl sites for hydroxylation is 1. The molecule has 1 heterocycles.